The van der Waals surface area contributed by atoms with Gasteiger partial charge in [0.15, 0.2) is 12.7 Å². The molecule has 14 aromatic carbocycles. The summed E-state index contributed by atoms with van der Waals surface area (Å²) in [7, 11) is -2.28. The van der Waals surface area contributed by atoms with Crippen molar-refractivity contribution in [2.45, 2.75) is 28.2 Å². The average Bonchev–Trinajstić information content (AvgIpc) is 1.03. The minimum absolute atomic E-state index is 0. The fraction of sp³-hybridized carbons (Fsp3) is 0.0481. The van der Waals surface area contributed by atoms with Crippen LogP contribution in [0.3, 0.4) is 0 Å². The van der Waals surface area contributed by atoms with Gasteiger partial charge in [-0.15, -0.1) is 21.4 Å². The molecular weight excluding hydrogens is 1770 g/mol. The first-order chi connectivity index (χ1) is 54.6. The molecule has 112 heavy (non-hydrogen) atoms. The molecule has 3 atom stereocenters. The van der Waals surface area contributed by atoms with Crippen molar-refractivity contribution in [3.63, 3.8) is 0 Å². The third-order valence-corrected chi connectivity index (χ3v) is 32.2. The second kappa shape index (κ2) is 28.0. The van der Waals surface area contributed by atoms with Crippen LogP contribution in [0.2, 0.25) is 0 Å². The maximum atomic E-state index is 5.29. The number of aromatic nitrogens is 3. The zero-order chi connectivity index (χ0) is 72.5. The standard InChI is InChI=1S/C43H29NP.C31H21NP.C30H19NP.2Ir/c1-5-17-31(18-6-1)42(32-19-7-2-8-20-32)35-25-13-14-29-39(35)45-40-36(42)26-15-27-37(40)43(33-21-9-3-10-22-33,34-23-11-4-12-24-34)38-28-16-30-44-41(38)45;1-3-11-22(12-4-1)31(23-13-5-2-6-14-23)26-17-7-10-21-20-32-19-9-16-25-24-15-8-18-27(31)29(24)33(28(21)26)30(25)32;1-3-11-21(12-4-1)30(22-13-5-2-6-14-22)25-17-9-16-24-23-15-7-8-19-27(23)32(28(24)25)29-26(30)18-10-20-31-29;;/h1-28,30H;1-19H,20H2;1-18,20H;;/q-1;+1;-1;;. The summed E-state index contributed by atoms with van der Waals surface area (Å²) in [6, 6.07) is 150. The van der Waals surface area contributed by atoms with Crippen LogP contribution in [-0.2, 0) is 68.4 Å². The molecule has 5 aliphatic heterocycles. The fourth-order valence-electron chi connectivity index (χ4n) is 20.3. The number of rotatable bonds is 8. The molecule has 0 amide bonds. The van der Waals surface area contributed by atoms with E-state index in [1.54, 1.807) is 10.4 Å². The van der Waals surface area contributed by atoms with Gasteiger partial charge in [0.25, 0.3) is 0 Å². The summed E-state index contributed by atoms with van der Waals surface area (Å²) in [6.07, 6.45) is 6.21. The van der Waals surface area contributed by atoms with Gasteiger partial charge in [-0.3, -0.25) is 9.97 Å². The van der Waals surface area contributed by atoms with Crippen LogP contribution in [0.5, 0.6) is 0 Å². The number of hydrogen-bond acceptors (Lipinski definition) is 2. The Kier molecular flexibility index (Phi) is 17.5. The molecular formula is C104H69Ir2N3P3-. The summed E-state index contributed by atoms with van der Waals surface area (Å²) < 4.78 is 2.51. The molecule has 534 valence electrons. The monoisotopic (exact) mass is 1840 g/mol. The molecule has 0 aliphatic carbocycles. The van der Waals surface area contributed by atoms with E-state index in [0.717, 1.165) is 6.54 Å². The molecule has 5 aliphatic rings. The Hall–Kier alpha value is -11.1. The van der Waals surface area contributed by atoms with Crippen LogP contribution < -0.4 is 20.6 Å². The molecule has 0 saturated carbocycles. The number of benzene rings is 14. The van der Waals surface area contributed by atoms with Gasteiger partial charge in [-0.2, -0.15) is 53.1 Å². The van der Waals surface area contributed by atoms with Gasteiger partial charge in [-0.25, -0.2) is 0 Å². The Morgan fingerprint density at radius 3 is 1.12 bits per heavy atom. The first-order valence-electron chi connectivity index (χ1n) is 38.0. The van der Waals surface area contributed by atoms with Crippen molar-refractivity contribution in [2.24, 2.45) is 0 Å². The van der Waals surface area contributed by atoms with Crippen LogP contribution in [0.15, 0.2) is 407 Å². The normalized spacial score (nSPS) is 15.3. The molecule has 10 heterocycles. The van der Waals surface area contributed by atoms with Gasteiger partial charge < -0.3 is 0 Å². The molecule has 8 heteroatoms. The fourth-order valence-corrected chi connectivity index (χ4v) is 29.4. The van der Waals surface area contributed by atoms with Crippen molar-refractivity contribution in [3.8, 4) is 10.7 Å². The number of nitrogens with zero attached hydrogens (tertiary/aromatic N) is 3. The van der Waals surface area contributed by atoms with Crippen LogP contribution in [0, 0.1) is 12.1 Å². The second-order valence-corrected chi connectivity index (χ2v) is 35.3. The van der Waals surface area contributed by atoms with Gasteiger partial charge >= 0.3 is 0 Å². The van der Waals surface area contributed by atoms with E-state index in [1.165, 1.54) is 153 Å². The van der Waals surface area contributed by atoms with Gasteiger partial charge in [0.1, 0.15) is 0 Å². The molecule has 3 unspecified atom stereocenters. The summed E-state index contributed by atoms with van der Waals surface area (Å²) in [5.74, 6) is 0. The number of fused-ring (bicyclic) bond motifs is 10. The van der Waals surface area contributed by atoms with Crippen molar-refractivity contribution >= 4 is 81.2 Å². The Balaban J connectivity index is 0.000000111. The van der Waals surface area contributed by atoms with Gasteiger partial charge in [0, 0.05) is 91.0 Å². The second-order valence-electron chi connectivity index (χ2n) is 29.3. The third kappa shape index (κ3) is 9.80. The molecule has 0 saturated heterocycles. The minimum Gasteiger partial charge on any atom is -0.256 e. The molecule has 0 N–H and O–H groups in total. The molecule has 0 bridgehead atoms. The topological polar surface area (TPSA) is 29.7 Å². The molecule has 5 aromatic heterocycles. The zero-order valence-electron chi connectivity index (χ0n) is 60.7. The van der Waals surface area contributed by atoms with Crippen LogP contribution in [0.25, 0.3) is 52.9 Å². The Bertz CT molecular complexity index is 6510. The van der Waals surface area contributed by atoms with E-state index in [2.05, 4.69) is 405 Å². The summed E-state index contributed by atoms with van der Waals surface area (Å²) in [5.41, 5.74) is 23.2. The van der Waals surface area contributed by atoms with Gasteiger partial charge in [-0.1, -0.05) is 341 Å². The molecule has 24 rings (SSSR count). The van der Waals surface area contributed by atoms with Crippen LogP contribution in [0.4, 0.5) is 0 Å². The van der Waals surface area contributed by atoms with E-state index in [9.17, 15) is 0 Å². The predicted molar refractivity (Wildman–Crippen MR) is 456 cm³/mol. The van der Waals surface area contributed by atoms with E-state index in [4.69, 9.17) is 9.97 Å². The van der Waals surface area contributed by atoms with E-state index in [0.29, 0.717) is 0 Å². The minimum atomic E-state index is -0.996. The largest absolute Gasteiger partial charge is 0.256 e. The maximum absolute atomic E-state index is 5.29. The van der Waals surface area contributed by atoms with E-state index in [-0.39, 0.29) is 45.6 Å². The SMILES string of the molecule is [Ir].[Ir].[c-]1cccc2c1P1c3ncccc3C(c3ccccc3)(c3ccccc3)c3cccc(c31)C2(c1ccccc1)c1ccccc1.[c-]1cccc2c3cccc4c3p(c12)-c1ncccc1C4(c1ccccc1)c1ccccc1.c1ccc(C2(c3ccccc3)c3cccc4c3-p3c5c2cccc5c2ccc[n+](c23)C4)cc1. The molecule has 3 nitrogen and oxygen atoms in total. The molecule has 19 aromatic rings. The first-order valence-corrected chi connectivity index (χ1v) is 42.0. The van der Waals surface area contributed by atoms with Crippen molar-refractivity contribution in [2.75, 3.05) is 0 Å². The number of pyridine rings is 3. The van der Waals surface area contributed by atoms with Gasteiger partial charge in [0.2, 0.25) is 5.25 Å². The molecule has 0 spiro atoms. The summed E-state index contributed by atoms with van der Waals surface area (Å²) in [5, 5.41) is 15.6. The summed E-state index contributed by atoms with van der Waals surface area (Å²) in [4.78, 5) is 10.4. The van der Waals surface area contributed by atoms with E-state index in [1.807, 2.05) is 18.5 Å². The van der Waals surface area contributed by atoms with E-state index >= 15 is 0 Å². The van der Waals surface area contributed by atoms with Crippen LogP contribution in [-0.4, -0.2) is 9.97 Å². The van der Waals surface area contributed by atoms with Crippen molar-refractivity contribution in [1.29, 1.82) is 0 Å². The third-order valence-electron chi connectivity index (χ3n) is 24.3. The Labute approximate surface area is 682 Å². The van der Waals surface area contributed by atoms with Gasteiger partial charge in [0.05, 0.1) is 32.5 Å². The maximum Gasteiger partial charge on any atom is 0.235 e. The molecule has 2 radical (unpaired) electrons. The molecule has 0 fully saturated rings. The zero-order valence-corrected chi connectivity index (χ0v) is 68.2. The van der Waals surface area contributed by atoms with Crippen LogP contribution in [0.1, 0.15) is 94.6 Å². The van der Waals surface area contributed by atoms with Crippen molar-refractivity contribution in [1.82, 2.24) is 9.97 Å². The predicted octanol–water partition coefficient (Wildman–Crippen LogP) is 23.2. The van der Waals surface area contributed by atoms with Crippen LogP contribution >= 0.6 is 23.0 Å². The van der Waals surface area contributed by atoms with Crippen molar-refractivity contribution in [3.05, 3.63) is 514 Å². The van der Waals surface area contributed by atoms with Gasteiger partial charge in [-0.05, 0) is 122 Å². The summed E-state index contributed by atoms with van der Waals surface area (Å²) >= 11 is 0. The quantitative estimate of drug-likeness (QED) is 0.0862. The Morgan fingerprint density at radius 2 is 0.625 bits per heavy atom. The van der Waals surface area contributed by atoms with Crippen molar-refractivity contribution < 1.29 is 44.8 Å². The van der Waals surface area contributed by atoms with E-state index < -0.39 is 39.2 Å². The smallest absolute Gasteiger partial charge is 0.235 e. The summed E-state index contributed by atoms with van der Waals surface area (Å²) in [6.45, 7) is 0.953. The average molecular weight is 1840 g/mol. The first kappa shape index (κ1) is 70.0. The number of hydrogen-bond donors (Lipinski definition) is 0. The Morgan fingerprint density at radius 1 is 0.277 bits per heavy atom.